The number of esters is 2. The average molecular weight is 422 g/mol. The maximum absolute atomic E-state index is 12.2. The van der Waals surface area contributed by atoms with Gasteiger partial charge in [-0.2, -0.15) is 0 Å². The van der Waals surface area contributed by atoms with Gasteiger partial charge in [-0.3, -0.25) is 0 Å². The second-order valence-electron chi connectivity index (χ2n) is 6.64. The lowest BCUT2D eigenvalue weighted by Gasteiger charge is -2.37. The van der Waals surface area contributed by atoms with Crippen molar-refractivity contribution in [2.45, 2.75) is 26.3 Å². The SMILES string of the molecule is COC(=O)C1=C(C(=O)OC)SC(=C2C(=S)C(C)(C)Nc3cc(C)ccc32)S1. The molecule has 3 rings (SSSR count). The van der Waals surface area contributed by atoms with E-state index >= 15 is 0 Å². The topological polar surface area (TPSA) is 64.6 Å². The number of anilines is 1. The first-order valence-electron chi connectivity index (χ1n) is 8.14. The minimum Gasteiger partial charge on any atom is -0.465 e. The van der Waals surface area contributed by atoms with Crippen LogP contribution in [0.2, 0.25) is 0 Å². The second-order valence-corrected chi connectivity index (χ2v) is 9.34. The molecular weight excluding hydrogens is 402 g/mol. The Labute approximate surface area is 171 Å². The molecule has 0 spiro atoms. The Bertz CT molecular complexity index is 901. The summed E-state index contributed by atoms with van der Waals surface area (Å²) in [5, 5.41) is 3.48. The van der Waals surface area contributed by atoms with Crippen molar-refractivity contribution in [1.82, 2.24) is 0 Å². The number of ether oxygens (including phenoxy) is 2. The summed E-state index contributed by atoms with van der Waals surface area (Å²) in [5.74, 6) is -1.13. The number of thioether (sulfide) groups is 2. The molecule has 0 bridgehead atoms. The Morgan fingerprint density at radius 2 is 1.63 bits per heavy atom. The van der Waals surface area contributed by atoms with Crippen molar-refractivity contribution in [3.8, 4) is 0 Å². The van der Waals surface area contributed by atoms with E-state index in [4.69, 9.17) is 21.7 Å². The molecule has 0 aromatic heterocycles. The first-order chi connectivity index (χ1) is 12.7. The van der Waals surface area contributed by atoms with E-state index in [1.54, 1.807) is 0 Å². The van der Waals surface area contributed by atoms with Crippen LogP contribution in [0.3, 0.4) is 0 Å². The lowest BCUT2D eigenvalue weighted by atomic mass is 9.85. The summed E-state index contributed by atoms with van der Waals surface area (Å²) in [6, 6.07) is 6.10. The molecule has 0 fully saturated rings. The van der Waals surface area contributed by atoms with Gasteiger partial charge in [0.2, 0.25) is 0 Å². The number of nitrogens with one attached hydrogen (secondary N) is 1. The summed E-state index contributed by atoms with van der Waals surface area (Å²) in [6.45, 7) is 6.06. The van der Waals surface area contributed by atoms with Crippen LogP contribution < -0.4 is 5.32 Å². The number of carbonyl (C=O) groups is 2. The van der Waals surface area contributed by atoms with Crippen LogP contribution in [0.5, 0.6) is 0 Å². The Balaban J connectivity index is 2.17. The maximum atomic E-state index is 12.2. The van der Waals surface area contributed by atoms with E-state index in [-0.39, 0.29) is 9.81 Å². The molecule has 2 aliphatic heterocycles. The van der Waals surface area contributed by atoms with Crippen molar-refractivity contribution in [3.63, 3.8) is 0 Å². The highest BCUT2D eigenvalue weighted by atomic mass is 32.2. The fourth-order valence-corrected chi connectivity index (χ4v) is 5.86. The third-order valence-corrected chi connectivity index (χ3v) is 7.50. The summed E-state index contributed by atoms with van der Waals surface area (Å²) in [7, 11) is 2.58. The number of benzene rings is 1. The van der Waals surface area contributed by atoms with E-state index in [1.807, 2.05) is 32.9 Å². The third-order valence-electron chi connectivity index (χ3n) is 4.23. The largest absolute Gasteiger partial charge is 0.465 e. The number of hydrogen-bond acceptors (Lipinski definition) is 8. The molecule has 1 aromatic rings. The second kappa shape index (κ2) is 7.33. The molecule has 0 saturated carbocycles. The average Bonchev–Trinajstić information content (AvgIpc) is 3.06. The van der Waals surface area contributed by atoms with Crippen molar-refractivity contribution in [3.05, 3.63) is 43.4 Å². The predicted octanol–water partition coefficient (Wildman–Crippen LogP) is 4.28. The van der Waals surface area contributed by atoms with Crippen LogP contribution >= 0.6 is 35.7 Å². The Morgan fingerprint density at radius 1 is 1.07 bits per heavy atom. The molecular formula is C19H19NO4S3. The Morgan fingerprint density at radius 3 is 2.15 bits per heavy atom. The lowest BCUT2D eigenvalue weighted by Crippen LogP contribution is -2.43. The van der Waals surface area contributed by atoms with Crippen LogP contribution in [-0.2, 0) is 19.1 Å². The smallest absolute Gasteiger partial charge is 0.346 e. The van der Waals surface area contributed by atoms with Gasteiger partial charge >= 0.3 is 11.9 Å². The number of fused-ring (bicyclic) bond motifs is 1. The molecule has 2 heterocycles. The highest BCUT2D eigenvalue weighted by Gasteiger charge is 2.40. The molecule has 5 nitrogen and oxygen atoms in total. The number of methoxy groups -OCH3 is 2. The molecule has 0 saturated heterocycles. The summed E-state index contributed by atoms with van der Waals surface area (Å²) < 4.78 is 10.5. The number of aryl methyl sites for hydroxylation is 1. The molecule has 8 heteroatoms. The van der Waals surface area contributed by atoms with E-state index in [2.05, 4.69) is 11.4 Å². The van der Waals surface area contributed by atoms with E-state index in [9.17, 15) is 9.59 Å². The third kappa shape index (κ3) is 3.53. The molecule has 0 amide bonds. The fourth-order valence-electron chi connectivity index (χ4n) is 2.87. The van der Waals surface area contributed by atoms with Crippen molar-refractivity contribution >= 4 is 63.8 Å². The summed E-state index contributed by atoms with van der Waals surface area (Å²) in [5.41, 5.74) is 3.47. The van der Waals surface area contributed by atoms with Crippen LogP contribution in [0.15, 0.2) is 32.2 Å². The van der Waals surface area contributed by atoms with Crippen LogP contribution in [0.1, 0.15) is 25.0 Å². The van der Waals surface area contributed by atoms with Crippen molar-refractivity contribution in [2.24, 2.45) is 0 Å². The summed E-state index contributed by atoms with van der Waals surface area (Å²) >= 11 is 8.19. The molecule has 1 aromatic carbocycles. The zero-order valence-electron chi connectivity index (χ0n) is 15.6. The van der Waals surface area contributed by atoms with Gasteiger partial charge in [-0.05, 0) is 32.4 Å². The number of carbonyl (C=O) groups excluding carboxylic acids is 2. The van der Waals surface area contributed by atoms with Crippen LogP contribution in [0.25, 0.3) is 5.57 Å². The quantitative estimate of drug-likeness (QED) is 0.431. The summed E-state index contributed by atoms with van der Waals surface area (Å²) in [6.07, 6.45) is 0. The molecule has 0 aliphatic carbocycles. The monoisotopic (exact) mass is 421 g/mol. The number of thiocarbonyl (C=S) groups is 1. The van der Waals surface area contributed by atoms with E-state index in [0.29, 0.717) is 0 Å². The fraction of sp³-hybridized carbons (Fsp3) is 0.316. The number of hydrogen-bond donors (Lipinski definition) is 1. The predicted molar refractivity (Wildman–Crippen MR) is 115 cm³/mol. The van der Waals surface area contributed by atoms with Gasteiger partial charge in [0, 0.05) is 21.7 Å². The van der Waals surface area contributed by atoms with Gasteiger partial charge in [-0.15, -0.1) is 0 Å². The standard InChI is InChI=1S/C19H19NO4S3/c1-9-6-7-10-11(8-9)20-19(2,3)15(25)12(10)18-26-13(16(21)23-4)14(27-18)17(22)24-5/h6-8,20H,1-5H3. The lowest BCUT2D eigenvalue weighted by molar-refractivity contribution is -0.138. The van der Waals surface area contributed by atoms with Crippen LogP contribution in [0.4, 0.5) is 5.69 Å². The van der Waals surface area contributed by atoms with E-state index in [1.165, 1.54) is 37.7 Å². The maximum Gasteiger partial charge on any atom is 0.346 e. The van der Waals surface area contributed by atoms with Gasteiger partial charge in [-0.25, -0.2) is 9.59 Å². The Hall–Kier alpha value is -1.77. The van der Waals surface area contributed by atoms with Crippen molar-refractivity contribution in [1.29, 1.82) is 0 Å². The first kappa shape index (κ1) is 20.0. The zero-order chi connectivity index (χ0) is 19.9. The highest BCUT2D eigenvalue weighted by Crippen LogP contribution is 2.55. The minimum atomic E-state index is -0.563. The minimum absolute atomic E-state index is 0.227. The highest BCUT2D eigenvalue weighted by molar-refractivity contribution is 8.29. The molecule has 0 atom stereocenters. The van der Waals surface area contributed by atoms with Gasteiger partial charge in [0.1, 0.15) is 9.81 Å². The molecule has 0 radical (unpaired) electrons. The van der Waals surface area contributed by atoms with Crippen molar-refractivity contribution < 1.29 is 19.1 Å². The van der Waals surface area contributed by atoms with Gasteiger partial charge in [-0.1, -0.05) is 47.9 Å². The van der Waals surface area contributed by atoms with E-state index < -0.39 is 17.5 Å². The van der Waals surface area contributed by atoms with Gasteiger partial charge in [0.05, 0.1) is 24.0 Å². The van der Waals surface area contributed by atoms with E-state index in [0.717, 1.165) is 31.5 Å². The molecule has 0 unspecified atom stereocenters. The molecule has 27 heavy (non-hydrogen) atoms. The molecule has 1 N–H and O–H groups in total. The molecule has 2 aliphatic rings. The van der Waals surface area contributed by atoms with Crippen LogP contribution in [0, 0.1) is 6.92 Å². The van der Waals surface area contributed by atoms with Crippen molar-refractivity contribution in [2.75, 3.05) is 19.5 Å². The van der Waals surface area contributed by atoms with Gasteiger partial charge in [0.25, 0.3) is 0 Å². The normalized spacial score (nSPS) is 18.2. The zero-order valence-corrected chi connectivity index (χ0v) is 18.0. The Kier molecular flexibility index (Phi) is 5.42. The first-order valence-corrected chi connectivity index (χ1v) is 10.2. The summed E-state index contributed by atoms with van der Waals surface area (Å²) in [4.78, 5) is 25.5. The number of rotatable bonds is 2. The van der Waals surface area contributed by atoms with Gasteiger partial charge < -0.3 is 14.8 Å². The molecule has 142 valence electrons. The van der Waals surface area contributed by atoms with Gasteiger partial charge in [0.15, 0.2) is 0 Å². The van der Waals surface area contributed by atoms with Crippen LogP contribution in [-0.4, -0.2) is 36.6 Å².